The molecular formula is C17H18F2N4O3S2. The van der Waals surface area contributed by atoms with Crippen LogP contribution in [0.5, 0.6) is 0 Å². The Hall–Kier alpha value is -2.24. The van der Waals surface area contributed by atoms with E-state index in [1.807, 2.05) is 18.2 Å². The molecule has 2 heterocycles. The summed E-state index contributed by atoms with van der Waals surface area (Å²) in [6.45, 7) is 0.413. The summed E-state index contributed by atoms with van der Waals surface area (Å²) in [4.78, 5) is 12.3. The zero-order chi connectivity index (χ0) is 20.1. The van der Waals surface area contributed by atoms with Crippen LogP contribution in [-0.4, -0.2) is 41.9 Å². The van der Waals surface area contributed by atoms with E-state index in [1.165, 1.54) is 10.4 Å². The first kappa shape index (κ1) is 20.5. The number of amides is 1. The van der Waals surface area contributed by atoms with E-state index >= 15 is 0 Å². The van der Waals surface area contributed by atoms with Crippen LogP contribution in [0.4, 0.5) is 13.9 Å². The minimum Gasteiger partial charge on any atom is -0.300 e. The number of rotatable bonds is 6. The summed E-state index contributed by atoms with van der Waals surface area (Å²) in [7, 11) is -3.58. The Morgan fingerprint density at radius 1 is 1.21 bits per heavy atom. The highest BCUT2D eigenvalue weighted by molar-refractivity contribution is 7.92. The summed E-state index contributed by atoms with van der Waals surface area (Å²) in [5.41, 5.74) is 0.778. The number of nitrogens with one attached hydrogen (secondary N) is 1. The maximum atomic E-state index is 12.5. The normalized spacial score (nSPS) is 16.7. The standard InChI is InChI=1S/C17H18F2N4O3S2/c18-14(19)16-21-22-17(27-16)20-15(24)13-6-9-23(10-7-13)28(25,26)11-8-12-4-2-1-3-5-12/h1-5,8,11,13-14H,6-7,9-10H2,(H,20,22,24)/b11-8+. The second-order valence-electron chi connectivity index (χ2n) is 6.17. The van der Waals surface area contributed by atoms with Crippen molar-refractivity contribution in [3.8, 4) is 0 Å². The molecule has 0 bridgehead atoms. The lowest BCUT2D eigenvalue weighted by Crippen LogP contribution is -2.40. The number of piperidine rings is 1. The summed E-state index contributed by atoms with van der Waals surface area (Å²) in [5.74, 6) is -0.780. The number of anilines is 1. The van der Waals surface area contributed by atoms with Crippen molar-refractivity contribution in [2.75, 3.05) is 18.4 Å². The summed E-state index contributed by atoms with van der Waals surface area (Å²) in [5, 5.41) is 10.0. The van der Waals surface area contributed by atoms with Gasteiger partial charge in [-0.15, -0.1) is 10.2 Å². The fourth-order valence-corrected chi connectivity index (χ4v) is 4.59. The van der Waals surface area contributed by atoms with Crippen LogP contribution in [-0.2, 0) is 14.8 Å². The van der Waals surface area contributed by atoms with E-state index in [0.717, 1.165) is 11.0 Å². The topological polar surface area (TPSA) is 92.3 Å². The number of carbonyl (C=O) groups is 1. The van der Waals surface area contributed by atoms with Gasteiger partial charge in [0.1, 0.15) is 0 Å². The zero-order valence-electron chi connectivity index (χ0n) is 14.7. The number of hydrogen-bond acceptors (Lipinski definition) is 6. The van der Waals surface area contributed by atoms with Crippen molar-refractivity contribution < 1.29 is 22.0 Å². The lowest BCUT2D eigenvalue weighted by molar-refractivity contribution is -0.120. The molecule has 1 aromatic heterocycles. The van der Waals surface area contributed by atoms with Gasteiger partial charge in [0.05, 0.1) is 0 Å². The van der Waals surface area contributed by atoms with Crippen molar-refractivity contribution in [1.82, 2.24) is 14.5 Å². The lowest BCUT2D eigenvalue weighted by Gasteiger charge is -2.29. The van der Waals surface area contributed by atoms with Gasteiger partial charge in [-0.1, -0.05) is 41.7 Å². The van der Waals surface area contributed by atoms with Crippen LogP contribution in [0, 0.1) is 5.92 Å². The first-order valence-corrected chi connectivity index (χ1v) is 10.8. The van der Waals surface area contributed by atoms with Crippen LogP contribution in [0.25, 0.3) is 6.08 Å². The molecule has 1 aliphatic rings. The number of aromatic nitrogens is 2. The molecule has 1 fully saturated rings. The Morgan fingerprint density at radius 3 is 2.50 bits per heavy atom. The molecule has 2 aromatic rings. The summed E-state index contributed by atoms with van der Waals surface area (Å²) < 4.78 is 51.3. The van der Waals surface area contributed by atoms with Gasteiger partial charge in [-0.05, 0) is 24.5 Å². The fourth-order valence-electron chi connectivity index (χ4n) is 2.77. The molecule has 1 aromatic carbocycles. The molecule has 28 heavy (non-hydrogen) atoms. The van der Waals surface area contributed by atoms with Gasteiger partial charge in [-0.2, -0.15) is 4.31 Å². The van der Waals surface area contributed by atoms with Crippen LogP contribution < -0.4 is 5.32 Å². The van der Waals surface area contributed by atoms with E-state index < -0.39 is 27.4 Å². The quantitative estimate of drug-likeness (QED) is 0.763. The number of alkyl halides is 2. The van der Waals surface area contributed by atoms with Gasteiger partial charge in [0.25, 0.3) is 6.43 Å². The van der Waals surface area contributed by atoms with Crippen molar-refractivity contribution >= 4 is 38.5 Å². The number of hydrogen-bond donors (Lipinski definition) is 1. The van der Waals surface area contributed by atoms with Gasteiger partial charge in [0.15, 0.2) is 5.01 Å². The van der Waals surface area contributed by atoms with Gasteiger partial charge in [0, 0.05) is 24.4 Å². The van der Waals surface area contributed by atoms with E-state index in [0.29, 0.717) is 24.2 Å². The predicted molar refractivity (Wildman–Crippen MR) is 102 cm³/mol. The molecule has 150 valence electrons. The summed E-state index contributed by atoms with van der Waals surface area (Å²) in [6, 6.07) is 9.08. The fraction of sp³-hybridized carbons (Fsp3) is 0.353. The molecule has 0 aliphatic carbocycles. The molecule has 0 saturated carbocycles. The molecular weight excluding hydrogens is 410 g/mol. The minimum atomic E-state index is -3.58. The molecule has 0 radical (unpaired) electrons. The Morgan fingerprint density at radius 2 is 1.89 bits per heavy atom. The van der Waals surface area contributed by atoms with Gasteiger partial charge < -0.3 is 5.32 Å². The number of halogens is 2. The maximum absolute atomic E-state index is 12.5. The SMILES string of the molecule is O=C(Nc1nnc(C(F)F)s1)C1CCN(S(=O)(=O)/C=C/c2ccccc2)CC1. The maximum Gasteiger partial charge on any atom is 0.291 e. The van der Waals surface area contributed by atoms with Crippen molar-refractivity contribution in [2.45, 2.75) is 19.3 Å². The Balaban J connectivity index is 1.54. The van der Waals surface area contributed by atoms with Crippen LogP contribution in [0.1, 0.15) is 29.8 Å². The van der Waals surface area contributed by atoms with Crippen molar-refractivity contribution in [3.63, 3.8) is 0 Å². The third-order valence-electron chi connectivity index (χ3n) is 4.27. The highest BCUT2D eigenvalue weighted by atomic mass is 32.2. The number of nitrogens with zero attached hydrogens (tertiary/aromatic N) is 3. The van der Waals surface area contributed by atoms with Gasteiger partial charge in [-0.25, -0.2) is 17.2 Å². The summed E-state index contributed by atoms with van der Waals surface area (Å²) >= 11 is 0.623. The Bertz CT molecular complexity index is 940. The molecule has 1 saturated heterocycles. The number of benzene rings is 1. The van der Waals surface area contributed by atoms with Crippen LogP contribution in [0.15, 0.2) is 35.7 Å². The van der Waals surface area contributed by atoms with Crippen LogP contribution in [0.2, 0.25) is 0 Å². The highest BCUT2D eigenvalue weighted by Crippen LogP contribution is 2.27. The smallest absolute Gasteiger partial charge is 0.291 e. The molecule has 0 atom stereocenters. The van der Waals surface area contributed by atoms with Crippen LogP contribution >= 0.6 is 11.3 Å². The Kier molecular flexibility index (Phi) is 6.47. The van der Waals surface area contributed by atoms with E-state index in [-0.39, 0.29) is 24.1 Å². The van der Waals surface area contributed by atoms with Gasteiger partial charge >= 0.3 is 0 Å². The lowest BCUT2D eigenvalue weighted by atomic mass is 9.97. The molecule has 0 unspecified atom stereocenters. The molecule has 1 amide bonds. The second-order valence-corrected chi connectivity index (χ2v) is 8.99. The van der Waals surface area contributed by atoms with Gasteiger partial charge in [0.2, 0.25) is 21.1 Å². The first-order chi connectivity index (χ1) is 13.3. The molecule has 3 rings (SSSR count). The van der Waals surface area contributed by atoms with E-state index in [4.69, 9.17) is 0 Å². The monoisotopic (exact) mass is 428 g/mol. The molecule has 7 nitrogen and oxygen atoms in total. The average Bonchev–Trinajstić information content (AvgIpc) is 3.16. The minimum absolute atomic E-state index is 0.0149. The van der Waals surface area contributed by atoms with Crippen molar-refractivity contribution in [3.05, 3.63) is 46.3 Å². The van der Waals surface area contributed by atoms with E-state index in [1.54, 1.807) is 12.1 Å². The Labute approximate surface area is 165 Å². The molecule has 0 spiro atoms. The van der Waals surface area contributed by atoms with Crippen LogP contribution in [0.3, 0.4) is 0 Å². The zero-order valence-corrected chi connectivity index (χ0v) is 16.3. The molecule has 11 heteroatoms. The van der Waals surface area contributed by atoms with Gasteiger partial charge in [-0.3, -0.25) is 4.79 Å². The van der Waals surface area contributed by atoms with E-state index in [9.17, 15) is 22.0 Å². The average molecular weight is 428 g/mol. The second kappa shape index (κ2) is 8.84. The third-order valence-corrected chi connectivity index (χ3v) is 6.69. The van der Waals surface area contributed by atoms with E-state index in [2.05, 4.69) is 15.5 Å². The highest BCUT2D eigenvalue weighted by Gasteiger charge is 2.30. The number of carbonyl (C=O) groups excluding carboxylic acids is 1. The third kappa shape index (κ3) is 5.18. The van der Waals surface area contributed by atoms with Crippen molar-refractivity contribution in [2.24, 2.45) is 5.92 Å². The number of sulfonamides is 1. The predicted octanol–water partition coefficient (Wildman–Crippen LogP) is 3.13. The summed E-state index contributed by atoms with van der Waals surface area (Å²) in [6.07, 6.45) is -0.528. The largest absolute Gasteiger partial charge is 0.300 e. The molecule has 1 aliphatic heterocycles. The molecule has 1 N–H and O–H groups in total. The van der Waals surface area contributed by atoms with Crippen molar-refractivity contribution in [1.29, 1.82) is 0 Å². The first-order valence-electron chi connectivity index (χ1n) is 8.51.